The molecule has 1 amide bonds. The van der Waals surface area contributed by atoms with Crippen LogP contribution in [-0.4, -0.2) is 42.5 Å². The normalized spacial score (nSPS) is 16.8. The van der Waals surface area contributed by atoms with Crippen molar-refractivity contribution >= 4 is 22.5 Å². The van der Waals surface area contributed by atoms with Crippen molar-refractivity contribution in [2.75, 3.05) is 31.6 Å². The fraction of sp³-hybridized carbons (Fsp3) is 0.286. The van der Waals surface area contributed by atoms with Gasteiger partial charge in [-0.2, -0.15) is 5.26 Å². The SMILES string of the molecule is CN1CCN(c2cc(C#N)cc3cc[nH]c23)C(=O)C1. The molecular weight excluding hydrogens is 240 g/mol. The highest BCUT2D eigenvalue weighted by Crippen LogP contribution is 2.28. The van der Waals surface area contributed by atoms with E-state index in [0.717, 1.165) is 23.1 Å². The Hall–Kier alpha value is -2.32. The largest absolute Gasteiger partial charge is 0.359 e. The highest BCUT2D eigenvalue weighted by Gasteiger charge is 2.24. The summed E-state index contributed by atoms with van der Waals surface area (Å²) in [7, 11) is 1.94. The molecule has 1 fully saturated rings. The second-order valence-corrected chi connectivity index (χ2v) is 4.83. The average molecular weight is 254 g/mol. The van der Waals surface area contributed by atoms with Crippen LogP contribution in [0.15, 0.2) is 24.4 Å². The summed E-state index contributed by atoms with van der Waals surface area (Å²) in [5.41, 5.74) is 2.29. The lowest BCUT2D eigenvalue weighted by Gasteiger charge is -2.32. The fourth-order valence-electron chi connectivity index (χ4n) is 2.48. The van der Waals surface area contributed by atoms with E-state index in [1.165, 1.54) is 0 Å². The Morgan fingerprint density at radius 3 is 2.95 bits per heavy atom. The number of amides is 1. The lowest BCUT2D eigenvalue weighted by atomic mass is 10.1. The number of hydrogen-bond acceptors (Lipinski definition) is 3. The first-order chi connectivity index (χ1) is 9.19. The van der Waals surface area contributed by atoms with Crippen molar-refractivity contribution in [3.8, 4) is 6.07 Å². The number of nitriles is 1. The van der Waals surface area contributed by atoms with Crippen molar-refractivity contribution in [3.05, 3.63) is 30.0 Å². The number of piperazine rings is 1. The summed E-state index contributed by atoms with van der Waals surface area (Å²) in [6.45, 7) is 1.90. The number of nitrogens with one attached hydrogen (secondary N) is 1. The number of H-pyrrole nitrogens is 1. The van der Waals surface area contributed by atoms with Crippen molar-refractivity contribution in [1.29, 1.82) is 5.26 Å². The maximum atomic E-state index is 12.2. The van der Waals surface area contributed by atoms with Crippen LogP contribution in [0.3, 0.4) is 0 Å². The molecule has 96 valence electrons. The summed E-state index contributed by atoms with van der Waals surface area (Å²) >= 11 is 0. The second-order valence-electron chi connectivity index (χ2n) is 4.83. The number of benzene rings is 1. The van der Waals surface area contributed by atoms with Crippen LogP contribution in [0, 0.1) is 11.3 Å². The van der Waals surface area contributed by atoms with Gasteiger partial charge in [-0.05, 0) is 25.2 Å². The zero-order valence-corrected chi connectivity index (χ0v) is 10.7. The number of likely N-dealkylation sites (N-methyl/N-ethyl adjacent to an activating group) is 1. The number of fused-ring (bicyclic) bond motifs is 1. The third kappa shape index (κ3) is 1.96. The molecule has 1 aliphatic heterocycles. The molecule has 5 heteroatoms. The Morgan fingerprint density at radius 2 is 2.21 bits per heavy atom. The molecule has 1 N–H and O–H groups in total. The molecule has 0 aliphatic carbocycles. The maximum absolute atomic E-state index is 12.2. The van der Waals surface area contributed by atoms with Gasteiger partial charge in [0.15, 0.2) is 0 Å². The van der Waals surface area contributed by atoms with E-state index in [1.54, 1.807) is 11.0 Å². The second kappa shape index (κ2) is 4.41. The quantitative estimate of drug-likeness (QED) is 0.834. The van der Waals surface area contributed by atoms with Crippen LogP contribution in [0.25, 0.3) is 10.9 Å². The van der Waals surface area contributed by atoms with Crippen LogP contribution >= 0.6 is 0 Å². The van der Waals surface area contributed by atoms with Gasteiger partial charge in [0.2, 0.25) is 5.91 Å². The van der Waals surface area contributed by atoms with Gasteiger partial charge in [0.25, 0.3) is 0 Å². The third-order valence-corrected chi connectivity index (χ3v) is 3.47. The summed E-state index contributed by atoms with van der Waals surface area (Å²) in [6.07, 6.45) is 1.83. The number of hydrogen-bond donors (Lipinski definition) is 1. The fourth-order valence-corrected chi connectivity index (χ4v) is 2.48. The van der Waals surface area contributed by atoms with Crippen LogP contribution in [0.4, 0.5) is 5.69 Å². The summed E-state index contributed by atoms with van der Waals surface area (Å²) < 4.78 is 0. The van der Waals surface area contributed by atoms with Gasteiger partial charge in [0, 0.05) is 24.7 Å². The van der Waals surface area contributed by atoms with E-state index in [1.807, 2.05) is 30.3 Å². The molecule has 0 radical (unpaired) electrons. The Kier molecular flexibility index (Phi) is 2.73. The zero-order chi connectivity index (χ0) is 13.4. The summed E-state index contributed by atoms with van der Waals surface area (Å²) in [5.74, 6) is 0.0692. The van der Waals surface area contributed by atoms with E-state index in [-0.39, 0.29) is 5.91 Å². The standard InChI is InChI=1S/C14H14N4O/c1-17-4-5-18(13(19)9-17)12-7-10(8-15)6-11-2-3-16-14(11)12/h2-3,6-7,16H,4-5,9H2,1H3. The molecule has 0 spiro atoms. The van der Waals surface area contributed by atoms with E-state index < -0.39 is 0 Å². The molecule has 1 saturated heterocycles. The molecule has 5 nitrogen and oxygen atoms in total. The minimum absolute atomic E-state index is 0.0692. The van der Waals surface area contributed by atoms with E-state index in [9.17, 15) is 4.79 Å². The Balaban J connectivity index is 2.11. The molecule has 1 aromatic heterocycles. The lowest BCUT2D eigenvalue weighted by Crippen LogP contribution is -2.49. The molecule has 0 atom stereocenters. The number of carbonyl (C=O) groups excluding carboxylic acids is 1. The first kappa shape index (κ1) is 11.8. The van der Waals surface area contributed by atoms with E-state index in [0.29, 0.717) is 18.7 Å². The molecule has 0 bridgehead atoms. The predicted octanol–water partition coefficient (Wildman–Crippen LogP) is 1.32. The van der Waals surface area contributed by atoms with Crippen molar-refractivity contribution in [2.45, 2.75) is 0 Å². The molecule has 2 aromatic rings. The van der Waals surface area contributed by atoms with E-state index >= 15 is 0 Å². The van der Waals surface area contributed by atoms with Gasteiger partial charge in [-0.1, -0.05) is 0 Å². The van der Waals surface area contributed by atoms with Gasteiger partial charge in [0.1, 0.15) is 0 Å². The van der Waals surface area contributed by atoms with E-state index in [2.05, 4.69) is 11.1 Å². The highest BCUT2D eigenvalue weighted by molar-refractivity contribution is 6.04. The lowest BCUT2D eigenvalue weighted by molar-refractivity contribution is -0.120. The Morgan fingerprint density at radius 1 is 1.37 bits per heavy atom. The van der Waals surface area contributed by atoms with Crippen molar-refractivity contribution < 1.29 is 4.79 Å². The predicted molar refractivity (Wildman–Crippen MR) is 72.9 cm³/mol. The van der Waals surface area contributed by atoms with Gasteiger partial charge < -0.3 is 9.88 Å². The molecule has 0 saturated carbocycles. The smallest absolute Gasteiger partial charge is 0.241 e. The van der Waals surface area contributed by atoms with Gasteiger partial charge in [0.05, 0.1) is 29.4 Å². The molecule has 0 unspecified atom stereocenters. The summed E-state index contributed by atoms with van der Waals surface area (Å²) in [4.78, 5) is 19.1. The Labute approximate surface area is 111 Å². The van der Waals surface area contributed by atoms with Gasteiger partial charge in [-0.25, -0.2) is 0 Å². The molecule has 2 heterocycles. The van der Waals surface area contributed by atoms with Crippen molar-refractivity contribution in [1.82, 2.24) is 9.88 Å². The molecule has 1 aliphatic rings. The minimum atomic E-state index is 0.0692. The number of aromatic amines is 1. The molecule has 1 aromatic carbocycles. The minimum Gasteiger partial charge on any atom is -0.359 e. The average Bonchev–Trinajstić information content (AvgIpc) is 2.86. The monoisotopic (exact) mass is 254 g/mol. The topological polar surface area (TPSA) is 63.1 Å². The summed E-state index contributed by atoms with van der Waals surface area (Å²) in [6, 6.07) is 7.68. The van der Waals surface area contributed by atoms with Crippen LogP contribution < -0.4 is 4.90 Å². The van der Waals surface area contributed by atoms with Crippen LogP contribution in [0.5, 0.6) is 0 Å². The number of nitrogens with zero attached hydrogens (tertiary/aromatic N) is 3. The third-order valence-electron chi connectivity index (χ3n) is 3.47. The van der Waals surface area contributed by atoms with Crippen molar-refractivity contribution in [3.63, 3.8) is 0 Å². The van der Waals surface area contributed by atoms with Gasteiger partial charge >= 0.3 is 0 Å². The highest BCUT2D eigenvalue weighted by atomic mass is 16.2. The van der Waals surface area contributed by atoms with Gasteiger partial charge in [-0.15, -0.1) is 0 Å². The molecule has 3 rings (SSSR count). The van der Waals surface area contributed by atoms with Crippen LogP contribution in [0.2, 0.25) is 0 Å². The van der Waals surface area contributed by atoms with Crippen LogP contribution in [-0.2, 0) is 4.79 Å². The van der Waals surface area contributed by atoms with Crippen LogP contribution in [0.1, 0.15) is 5.56 Å². The Bertz CT molecular complexity index is 682. The maximum Gasteiger partial charge on any atom is 0.241 e. The summed E-state index contributed by atoms with van der Waals surface area (Å²) in [5, 5.41) is 10.1. The van der Waals surface area contributed by atoms with Crippen molar-refractivity contribution in [2.24, 2.45) is 0 Å². The molecule has 19 heavy (non-hydrogen) atoms. The molecular formula is C14H14N4O. The number of aromatic nitrogens is 1. The number of carbonyl (C=O) groups is 1. The zero-order valence-electron chi connectivity index (χ0n) is 10.7. The number of rotatable bonds is 1. The first-order valence-corrected chi connectivity index (χ1v) is 6.19. The number of anilines is 1. The first-order valence-electron chi connectivity index (χ1n) is 6.19. The van der Waals surface area contributed by atoms with Gasteiger partial charge in [-0.3, -0.25) is 9.69 Å². The van der Waals surface area contributed by atoms with E-state index in [4.69, 9.17) is 5.26 Å².